The van der Waals surface area contributed by atoms with Crippen LogP contribution in [-0.2, 0) is 4.74 Å². The van der Waals surface area contributed by atoms with E-state index in [4.69, 9.17) is 10.5 Å². The summed E-state index contributed by atoms with van der Waals surface area (Å²) in [5, 5.41) is 0. The van der Waals surface area contributed by atoms with Gasteiger partial charge in [-0.2, -0.15) is 0 Å². The first-order valence-corrected chi connectivity index (χ1v) is 8.13. The molecule has 18 heavy (non-hydrogen) atoms. The summed E-state index contributed by atoms with van der Waals surface area (Å²) in [6.45, 7) is 7.31. The molecule has 0 aromatic rings. The largest absolute Gasteiger partial charge is 0.377 e. The van der Waals surface area contributed by atoms with Crippen molar-refractivity contribution in [3.05, 3.63) is 0 Å². The Bertz CT molecular complexity index is 155. The van der Waals surface area contributed by atoms with Gasteiger partial charge in [-0.3, -0.25) is 0 Å². The molecule has 2 atom stereocenters. The van der Waals surface area contributed by atoms with Gasteiger partial charge in [0.05, 0.1) is 6.10 Å². The quantitative estimate of drug-likeness (QED) is 0.487. The third-order valence-electron chi connectivity index (χ3n) is 3.57. The Morgan fingerprint density at radius 1 is 0.778 bits per heavy atom. The van der Waals surface area contributed by atoms with Gasteiger partial charge in [0.2, 0.25) is 0 Å². The van der Waals surface area contributed by atoms with E-state index >= 15 is 0 Å². The first-order chi connectivity index (χ1) is 8.76. The molecule has 0 amide bonds. The molecule has 0 heterocycles. The SMILES string of the molecule is CCCCCCCCCC(N)C(CCC)OCC. The fourth-order valence-electron chi connectivity index (χ4n) is 2.44. The van der Waals surface area contributed by atoms with Crippen LogP contribution in [0.15, 0.2) is 0 Å². The lowest BCUT2D eigenvalue weighted by molar-refractivity contribution is 0.0352. The van der Waals surface area contributed by atoms with Crippen LogP contribution in [0.5, 0.6) is 0 Å². The highest BCUT2D eigenvalue weighted by molar-refractivity contribution is 4.73. The number of hydrogen-bond donors (Lipinski definition) is 1. The average molecular weight is 257 g/mol. The second-order valence-corrected chi connectivity index (χ2v) is 5.36. The highest BCUT2D eigenvalue weighted by atomic mass is 16.5. The van der Waals surface area contributed by atoms with Crippen LogP contribution in [0.3, 0.4) is 0 Å². The van der Waals surface area contributed by atoms with Crippen molar-refractivity contribution in [2.24, 2.45) is 5.73 Å². The van der Waals surface area contributed by atoms with Crippen molar-refractivity contribution in [3.63, 3.8) is 0 Å². The fraction of sp³-hybridized carbons (Fsp3) is 1.00. The van der Waals surface area contributed by atoms with Gasteiger partial charge in [0.15, 0.2) is 0 Å². The van der Waals surface area contributed by atoms with Crippen molar-refractivity contribution < 1.29 is 4.74 Å². The van der Waals surface area contributed by atoms with E-state index in [1.807, 2.05) is 0 Å². The number of ether oxygens (including phenoxy) is 1. The molecule has 2 unspecified atom stereocenters. The Balaban J connectivity index is 3.51. The Kier molecular flexibility index (Phi) is 13.3. The molecular weight excluding hydrogens is 222 g/mol. The molecule has 0 rings (SSSR count). The Hall–Kier alpha value is -0.0800. The molecule has 0 aromatic heterocycles. The van der Waals surface area contributed by atoms with Gasteiger partial charge >= 0.3 is 0 Å². The number of rotatable bonds is 13. The lowest BCUT2D eigenvalue weighted by Crippen LogP contribution is -2.36. The molecule has 0 bridgehead atoms. The van der Waals surface area contributed by atoms with Gasteiger partial charge in [-0.15, -0.1) is 0 Å². The predicted octanol–water partition coefficient (Wildman–Crippen LogP) is 4.66. The highest BCUT2D eigenvalue weighted by Gasteiger charge is 2.16. The summed E-state index contributed by atoms with van der Waals surface area (Å²) in [4.78, 5) is 0. The lowest BCUT2D eigenvalue weighted by Gasteiger charge is -2.23. The lowest BCUT2D eigenvalue weighted by atomic mass is 9.99. The van der Waals surface area contributed by atoms with Crippen molar-refractivity contribution in [1.82, 2.24) is 0 Å². The summed E-state index contributed by atoms with van der Waals surface area (Å²) < 4.78 is 5.73. The number of hydrogen-bond acceptors (Lipinski definition) is 2. The van der Waals surface area contributed by atoms with Gasteiger partial charge in [-0.05, 0) is 19.8 Å². The fourth-order valence-corrected chi connectivity index (χ4v) is 2.44. The van der Waals surface area contributed by atoms with E-state index in [9.17, 15) is 0 Å². The first kappa shape index (κ1) is 17.9. The van der Waals surface area contributed by atoms with Crippen LogP contribution in [0.4, 0.5) is 0 Å². The second-order valence-electron chi connectivity index (χ2n) is 5.36. The van der Waals surface area contributed by atoms with E-state index in [0.29, 0.717) is 0 Å². The zero-order valence-corrected chi connectivity index (χ0v) is 12.9. The smallest absolute Gasteiger partial charge is 0.0725 e. The molecule has 0 fully saturated rings. The zero-order valence-electron chi connectivity index (χ0n) is 12.9. The summed E-state index contributed by atoms with van der Waals surface area (Å²) in [5.74, 6) is 0. The average Bonchev–Trinajstić information content (AvgIpc) is 2.37. The van der Waals surface area contributed by atoms with E-state index in [1.54, 1.807) is 0 Å². The highest BCUT2D eigenvalue weighted by Crippen LogP contribution is 2.14. The molecule has 0 aliphatic heterocycles. The van der Waals surface area contributed by atoms with Gasteiger partial charge in [0.1, 0.15) is 0 Å². The normalized spacial score (nSPS) is 14.7. The first-order valence-electron chi connectivity index (χ1n) is 8.13. The van der Waals surface area contributed by atoms with Crippen LogP contribution >= 0.6 is 0 Å². The zero-order chi connectivity index (χ0) is 13.6. The molecule has 0 aliphatic rings. The second kappa shape index (κ2) is 13.4. The molecule has 0 saturated carbocycles. The maximum absolute atomic E-state index is 6.23. The van der Waals surface area contributed by atoms with E-state index < -0.39 is 0 Å². The van der Waals surface area contributed by atoms with Crippen LogP contribution < -0.4 is 5.73 Å². The van der Waals surface area contributed by atoms with Gasteiger partial charge in [-0.1, -0.05) is 65.2 Å². The molecule has 2 N–H and O–H groups in total. The van der Waals surface area contributed by atoms with Crippen molar-refractivity contribution >= 4 is 0 Å². The minimum absolute atomic E-state index is 0.237. The van der Waals surface area contributed by atoms with E-state index in [-0.39, 0.29) is 12.1 Å². The van der Waals surface area contributed by atoms with Gasteiger partial charge < -0.3 is 10.5 Å². The molecule has 0 spiro atoms. The molecule has 2 heteroatoms. The third-order valence-corrected chi connectivity index (χ3v) is 3.57. The van der Waals surface area contributed by atoms with Gasteiger partial charge in [-0.25, -0.2) is 0 Å². The van der Waals surface area contributed by atoms with Crippen LogP contribution in [0.2, 0.25) is 0 Å². The standard InChI is InChI=1S/C16H35NO/c1-4-7-8-9-10-11-12-14-15(17)16(13-5-2)18-6-3/h15-16H,4-14,17H2,1-3H3. The number of unbranched alkanes of at least 4 members (excludes halogenated alkanes) is 6. The van der Waals surface area contributed by atoms with Crippen molar-refractivity contribution in [1.29, 1.82) is 0 Å². The molecular formula is C16H35NO. The molecule has 0 aromatic carbocycles. The summed E-state index contributed by atoms with van der Waals surface area (Å²) in [7, 11) is 0. The summed E-state index contributed by atoms with van der Waals surface area (Å²) in [6.07, 6.45) is 13.2. The predicted molar refractivity (Wildman–Crippen MR) is 80.9 cm³/mol. The van der Waals surface area contributed by atoms with Crippen LogP contribution in [0, 0.1) is 0 Å². The molecule has 0 radical (unpaired) electrons. The summed E-state index contributed by atoms with van der Waals surface area (Å²) in [5.41, 5.74) is 6.23. The Morgan fingerprint density at radius 2 is 1.39 bits per heavy atom. The summed E-state index contributed by atoms with van der Waals surface area (Å²) in [6, 6.07) is 0.237. The minimum atomic E-state index is 0.237. The van der Waals surface area contributed by atoms with Crippen LogP contribution in [0.25, 0.3) is 0 Å². The van der Waals surface area contributed by atoms with Crippen LogP contribution in [-0.4, -0.2) is 18.8 Å². The van der Waals surface area contributed by atoms with Crippen molar-refractivity contribution in [3.8, 4) is 0 Å². The topological polar surface area (TPSA) is 35.2 Å². The Morgan fingerprint density at radius 3 is 1.94 bits per heavy atom. The summed E-state index contributed by atoms with van der Waals surface area (Å²) >= 11 is 0. The molecule has 0 saturated heterocycles. The van der Waals surface area contributed by atoms with E-state index in [0.717, 1.165) is 25.9 Å². The van der Waals surface area contributed by atoms with E-state index in [2.05, 4.69) is 20.8 Å². The maximum Gasteiger partial charge on any atom is 0.0725 e. The van der Waals surface area contributed by atoms with Gasteiger partial charge in [0, 0.05) is 12.6 Å². The molecule has 110 valence electrons. The molecule has 0 aliphatic carbocycles. The third kappa shape index (κ3) is 9.90. The van der Waals surface area contributed by atoms with Crippen molar-refractivity contribution in [2.75, 3.05) is 6.61 Å². The van der Waals surface area contributed by atoms with Gasteiger partial charge in [0.25, 0.3) is 0 Å². The number of nitrogens with two attached hydrogens (primary N) is 1. The van der Waals surface area contributed by atoms with E-state index in [1.165, 1.54) is 44.9 Å². The Labute approximate surface area is 115 Å². The molecule has 2 nitrogen and oxygen atoms in total. The monoisotopic (exact) mass is 257 g/mol. The van der Waals surface area contributed by atoms with Crippen molar-refractivity contribution in [2.45, 2.75) is 97.1 Å². The maximum atomic E-state index is 6.23. The van der Waals surface area contributed by atoms with Crippen LogP contribution in [0.1, 0.15) is 85.0 Å². The minimum Gasteiger partial charge on any atom is -0.377 e.